The summed E-state index contributed by atoms with van der Waals surface area (Å²) in [5.74, 6) is 0. The Hall–Kier alpha value is -0.730. The van der Waals surface area contributed by atoms with Crippen molar-refractivity contribution >= 4 is 6.08 Å². The van der Waals surface area contributed by atoms with Gasteiger partial charge in [0.25, 0.3) is 0 Å². The monoisotopic (exact) mass is 100 g/mol. The molecule has 0 amide bonds. The van der Waals surface area contributed by atoms with Crippen LogP contribution in [0.1, 0.15) is 0 Å². The van der Waals surface area contributed by atoms with Gasteiger partial charge >= 0.3 is 6.08 Å². The Labute approximate surface area is 42.0 Å². The Morgan fingerprint density at radius 2 is 2.86 bits per heavy atom. The summed E-state index contributed by atoms with van der Waals surface area (Å²) in [6, 6.07) is 0. The molecule has 0 N–H and O–H groups in total. The highest BCUT2D eigenvalue weighted by molar-refractivity contribution is 5.68. The topological polar surface area (TPSA) is 30.8 Å². The molecule has 0 spiro atoms. The lowest BCUT2D eigenvalue weighted by Crippen LogP contribution is -1.99. The molecule has 0 aromatic heterocycles. The fraction of sp³-hybridized carbons (Fsp3) is 0.500. The average molecular weight is 100 g/mol. The molecule has 0 aromatic carbocycles. The Bertz CT molecular complexity index is 89.7. The second kappa shape index (κ2) is 1.82. The lowest BCUT2D eigenvalue weighted by molar-refractivity contribution is 0.233. The van der Waals surface area contributed by atoms with E-state index < -0.39 is 0 Å². The molecule has 0 aliphatic carbocycles. The van der Waals surface area contributed by atoms with Gasteiger partial charge in [-0.25, -0.2) is 4.99 Å². The predicted molar refractivity (Wildman–Crippen MR) is 24.7 cm³/mol. The molecule has 3 nitrogen and oxygen atoms in total. The van der Waals surface area contributed by atoms with Gasteiger partial charge in [-0.2, -0.15) is 0 Å². The fourth-order valence-electron chi connectivity index (χ4n) is 0.369. The van der Waals surface area contributed by atoms with Crippen molar-refractivity contribution in [2.24, 2.45) is 4.99 Å². The Balaban J connectivity index is 2.36. The van der Waals surface area contributed by atoms with Crippen LogP contribution >= 0.6 is 0 Å². The number of ether oxygens (including phenoxy) is 2. The zero-order valence-corrected chi connectivity index (χ0v) is 4.05. The van der Waals surface area contributed by atoms with Gasteiger partial charge in [0.1, 0.15) is 13.2 Å². The SMILES string of the molecule is COC1=N[CH]CO1. The van der Waals surface area contributed by atoms with Crippen LogP contribution in [0.15, 0.2) is 4.99 Å². The number of hydrogen-bond donors (Lipinski definition) is 0. The minimum Gasteiger partial charge on any atom is -0.454 e. The van der Waals surface area contributed by atoms with E-state index in [0.717, 1.165) is 0 Å². The minimum absolute atomic E-state index is 0.361. The summed E-state index contributed by atoms with van der Waals surface area (Å²) in [7, 11) is 1.53. The Kier molecular flexibility index (Phi) is 1.15. The maximum atomic E-state index is 4.77. The summed E-state index contributed by atoms with van der Waals surface area (Å²) in [5, 5.41) is 0. The van der Waals surface area contributed by atoms with E-state index in [1.54, 1.807) is 6.54 Å². The molecular formula is C4H6NO2. The molecule has 1 heterocycles. The van der Waals surface area contributed by atoms with Crippen molar-refractivity contribution in [2.75, 3.05) is 13.7 Å². The highest BCUT2D eigenvalue weighted by Crippen LogP contribution is 1.96. The number of methoxy groups -OCH3 is 1. The zero-order chi connectivity index (χ0) is 5.11. The Morgan fingerprint density at radius 1 is 2.00 bits per heavy atom. The lowest BCUT2D eigenvalue weighted by Gasteiger charge is -1.93. The lowest BCUT2D eigenvalue weighted by atomic mass is 10.8. The second-order valence-corrected chi connectivity index (χ2v) is 1.09. The van der Waals surface area contributed by atoms with Crippen LogP contribution in [0.3, 0.4) is 0 Å². The summed E-state index contributed by atoms with van der Waals surface area (Å²) in [6.45, 7) is 2.20. The minimum atomic E-state index is 0.361. The molecule has 1 aliphatic heterocycles. The van der Waals surface area contributed by atoms with Crippen molar-refractivity contribution in [3.05, 3.63) is 6.54 Å². The van der Waals surface area contributed by atoms with Gasteiger partial charge in [-0.15, -0.1) is 0 Å². The van der Waals surface area contributed by atoms with Gasteiger partial charge < -0.3 is 9.47 Å². The van der Waals surface area contributed by atoms with E-state index in [2.05, 4.69) is 9.73 Å². The summed E-state index contributed by atoms with van der Waals surface area (Å²) in [5.41, 5.74) is 0. The highest BCUT2D eigenvalue weighted by atomic mass is 16.7. The van der Waals surface area contributed by atoms with Crippen molar-refractivity contribution in [3.8, 4) is 0 Å². The summed E-state index contributed by atoms with van der Waals surface area (Å²) >= 11 is 0. The van der Waals surface area contributed by atoms with E-state index in [9.17, 15) is 0 Å². The standard InChI is InChI=1S/C4H6NO2/c1-6-4-5-2-3-7-4/h2H,3H2,1H3. The van der Waals surface area contributed by atoms with E-state index in [1.165, 1.54) is 7.11 Å². The molecule has 0 aromatic rings. The van der Waals surface area contributed by atoms with Gasteiger partial charge in [0.2, 0.25) is 0 Å². The van der Waals surface area contributed by atoms with Crippen LogP contribution in [-0.4, -0.2) is 19.8 Å². The first-order chi connectivity index (χ1) is 3.43. The summed E-state index contributed by atoms with van der Waals surface area (Å²) in [4.78, 5) is 3.70. The molecule has 7 heavy (non-hydrogen) atoms. The average Bonchev–Trinajstić information content (AvgIpc) is 2.14. The quantitative estimate of drug-likeness (QED) is 0.434. The maximum absolute atomic E-state index is 4.77. The summed E-state index contributed by atoms with van der Waals surface area (Å²) in [6.07, 6.45) is 0.361. The largest absolute Gasteiger partial charge is 0.454 e. The van der Waals surface area contributed by atoms with Crippen LogP contribution in [-0.2, 0) is 9.47 Å². The molecule has 0 atom stereocenters. The van der Waals surface area contributed by atoms with Crippen LogP contribution in [0.25, 0.3) is 0 Å². The zero-order valence-electron chi connectivity index (χ0n) is 4.05. The van der Waals surface area contributed by atoms with Gasteiger partial charge in [-0.1, -0.05) is 0 Å². The number of aliphatic imine (C=N–C) groups is 1. The first-order valence-electron chi connectivity index (χ1n) is 2.00. The van der Waals surface area contributed by atoms with Gasteiger partial charge in [-0.3, -0.25) is 0 Å². The molecule has 1 rings (SSSR count). The van der Waals surface area contributed by atoms with E-state index in [0.29, 0.717) is 12.7 Å². The van der Waals surface area contributed by atoms with Crippen molar-refractivity contribution in [2.45, 2.75) is 0 Å². The van der Waals surface area contributed by atoms with Gasteiger partial charge in [0.05, 0.1) is 7.11 Å². The fourth-order valence-corrected chi connectivity index (χ4v) is 0.369. The third kappa shape index (κ3) is 0.824. The molecule has 1 aliphatic rings. The molecule has 0 saturated carbocycles. The number of hydrogen-bond acceptors (Lipinski definition) is 3. The van der Waals surface area contributed by atoms with Crippen LogP contribution in [0.4, 0.5) is 0 Å². The van der Waals surface area contributed by atoms with Crippen molar-refractivity contribution in [3.63, 3.8) is 0 Å². The van der Waals surface area contributed by atoms with Gasteiger partial charge in [-0.05, 0) is 0 Å². The van der Waals surface area contributed by atoms with Crippen molar-refractivity contribution < 1.29 is 9.47 Å². The van der Waals surface area contributed by atoms with Gasteiger partial charge in [0.15, 0.2) is 0 Å². The molecule has 0 bridgehead atoms. The van der Waals surface area contributed by atoms with E-state index in [1.807, 2.05) is 0 Å². The number of nitrogens with zero attached hydrogens (tertiary/aromatic N) is 1. The first-order valence-corrected chi connectivity index (χ1v) is 2.00. The smallest absolute Gasteiger partial charge is 0.383 e. The van der Waals surface area contributed by atoms with Crippen LogP contribution in [0.2, 0.25) is 0 Å². The van der Waals surface area contributed by atoms with Crippen molar-refractivity contribution in [1.29, 1.82) is 0 Å². The molecule has 0 unspecified atom stereocenters. The van der Waals surface area contributed by atoms with E-state index in [4.69, 9.17) is 4.74 Å². The molecule has 1 radical (unpaired) electrons. The van der Waals surface area contributed by atoms with Crippen molar-refractivity contribution in [1.82, 2.24) is 0 Å². The third-order valence-electron chi connectivity index (χ3n) is 0.653. The Morgan fingerprint density at radius 3 is 3.14 bits per heavy atom. The highest BCUT2D eigenvalue weighted by Gasteiger charge is 2.04. The summed E-state index contributed by atoms with van der Waals surface area (Å²) < 4.78 is 9.38. The van der Waals surface area contributed by atoms with Crippen LogP contribution < -0.4 is 0 Å². The third-order valence-corrected chi connectivity index (χ3v) is 0.653. The molecule has 0 saturated heterocycles. The molecular weight excluding hydrogens is 94.0 g/mol. The maximum Gasteiger partial charge on any atom is 0.383 e. The number of rotatable bonds is 0. The molecule has 39 valence electrons. The molecule has 0 fully saturated rings. The normalized spacial score (nSPS) is 18.1. The van der Waals surface area contributed by atoms with Crippen LogP contribution in [0, 0.1) is 6.54 Å². The van der Waals surface area contributed by atoms with Crippen LogP contribution in [0.5, 0.6) is 0 Å². The van der Waals surface area contributed by atoms with Gasteiger partial charge in [0, 0.05) is 0 Å². The predicted octanol–water partition coefficient (Wildman–Crippen LogP) is 0.181. The molecule has 3 heteroatoms. The van der Waals surface area contributed by atoms with E-state index in [-0.39, 0.29) is 0 Å². The first kappa shape index (κ1) is 4.43. The second-order valence-electron chi connectivity index (χ2n) is 1.09. The van der Waals surface area contributed by atoms with E-state index >= 15 is 0 Å².